The third kappa shape index (κ3) is 5.88. The highest BCUT2D eigenvalue weighted by Gasteiger charge is 2.45. The maximum Gasteiger partial charge on any atom is 0.490 e. The number of fused-ring (bicyclic) bond motifs is 1. The summed E-state index contributed by atoms with van der Waals surface area (Å²) in [6, 6.07) is 4.30. The molecule has 2 N–H and O–H groups in total. The fourth-order valence-corrected chi connectivity index (χ4v) is 3.81. The molecule has 0 spiro atoms. The zero-order valence-electron chi connectivity index (χ0n) is 17.6. The largest absolute Gasteiger partial charge is 0.490 e. The van der Waals surface area contributed by atoms with Crippen LogP contribution < -0.4 is 5.32 Å². The monoisotopic (exact) mass is 458 g/mol. The molecule has 0 aromatic carbocycles. The first-order chi connectivity index (χ1) is 15.0. The van der Waals surface area contributed by atoms with Gasteiger partial charge in [-0.25, -0.2) is 9.78 Å². The van der Waals surface area contributed by atoms with Crippen molar-refractivity contribution in [2.24, 2.45) is 7.05 Å². The predicted molar refractivity (Wildman–Crippen MR) is 104 cm³/mol. The number of likely N-dealkylation sites (tertiary alicyclic amines) is 1. The molecule has 0 radical (unpaired) electrons. The smallest absolute Gasteiger partial charge is 0.475 e. The van der Waals surface area contributed by atoms with E-state index in [0.717, 1.165) is 43.3 Å². The van der Waals surface area contributed by atoms with Gasteiger partial charge >= 0.3 is 12.1 Å². The zero-order valence-corrected chi connectivity index (χ0v) is 17.6. The number of nitrogens with one attached hydrogen (secondary N) is 1. The van der Waals surface area contributed by atoms with Gasteiger partial charge in [-0.3, -0.25) is 9.69 Å². The van der Waals surface area contributed by atoms with Crippen LogP contribution in [-0.4, -0.2) is 62.4 Å². The number of aromatic nitrogens is 2. The average molecular weight is 458 g/mol. The molecule has 1 amide bonds. The second kappa shape index (κ2) is 9.74. The van der Waals surface area contributed by atoms with Gasteiger partial charge in [0, 0.05) is 38.4 Å². The number of ether oxygens (including phenoxy) is 1. The third-order valence-electron chi connectivity index (χ3n) is 5.43. The highest BCUT2D eigenvalue weighted by atomic mass is 19.4. The molecule has 12 heteroatoms. The number of rotatable bonds is 5. The van der Waals surface area contributed by atoms with Crippen molar-refractivity contribution in [2.75, 3.05) is 6.54 Å². The van der Waals surface area contributed by atoms with E-state index in [0.29, 0.717) is 6.54 Å². The van der Waals surface area contributed by atoms with Gasteiger partial charge in [-0.2, -0.15) is 13.2 Å². The molecule has 0 aliphatic carbocycles. The Kier molecular flexibility index (Phi) is 7.24. The second-order valence-electron chi connectivity index (χ2n) is 7.71. The molecule has 176 valence electrons. The number of nitrogens with zero attached hydrogens (tertiary/aromatic N) is 3. The summed E-state index contributed by atoms with van der Waals surface area (Å²) in [5, 5.41) is 10.1. The Balaban J connectivity index is 0.000000360. The number of hydrogen-bond acceptors (Lipinski definition) is 6. The van der Waals surface area contributed by atoms with E-state index < -0.39 is 12.1 Å². The first-order valence-electron chi connectivity index (χ1n) is 10.0. The van der Waals surface area contributed by atoms with Gasteiger partial charge in [0.05, 0.1) is 19.2 Å². The van der Waals surface area contributed by atoms with Crippen molar-refractivity contribution in [3.05, 3.63) is 41.9 Å². The topological polar surface area (TPSA) is 110 Å². The standard InChI is InChI=1S/C18H24N4O3.C2HF3O2/c1-12-3-4-13(24-12)11-22-7-5-15-14(22)9-16(25-15)18(23)20-10-17-19-6-8-21(17)2;3-2(4,5)1(6)7/h3-4,6,8,14-16H,5,7,9-11H2,1-2H3,(H,20,23);(H,6,7)/t14-,15-,16+;/m1./s1. The lowest BCUT2D eigenvalue weighted by molar-refractivity contribution is -0.192. The van der Waals surface area contributed by atoms with Crippen molar-refractivity contribution in [2.45, 2.75) is 57.3 Å². The number of alkyl halides is 3. The lowest BCUT2D eigenvalue weighted by Crippen LogP contribution is -2.36. The molecule has 2 aliphatic heterocycles. The highest BCUT2D eigenvalue weighted by molar-refractivity contribution is 5.81. The van der Waals surface area contributed by atoms with E-state index >= 15 is 0 Å². The van der Waals surface area contributed by atoms with Gasteiger partial charge in [-0.05, 0) is 25.5 Å². The normalized spacial score (nSPS) is 22.8. The number of halogens is 3. The summed E-state index contributed by atoms with van der Waals surface area (Å²) in [7, 11) is 1.92. The molecule has 4 rings (SSSR count). The Hall–Kier alpha value is -2.86. The number of furan rings is 1. The molecule has 4 heterocycles. The van der Waals surface area contributed by atoms with Crippen molar-refractivity contribution in [3.63, 3.8) is 0 Å². The molecular formula is C20H25F3N4O5. The fourth-order valence-electron chi connectivity index (χ4n) is 3.81. The summed E-state index contributed by atoms with van der Waals surface area (Å²) in [5.74, 6) is -0.0687. The maximum absolute atomic E-state index is 12.4. The summed E-state index contributed by atoms with van der Waals surface area (Å²) in [6.07, 6.45) is -0.0285. The molecule has 2 fully saturated rings. The van der Waals surface area contributed by atoms with Crippen LogP contribution in [0.4, 0.5) is 13.2 Å². The van der Waals surface area contributed by atoms with Gasteiger partial charge < -0.3 is 24.1 Å². The summed E-state index contributed by atoms with van der Waals surface area (Å²) in [5.41, 5.74) is 0. The molecule has 2 aliphatic rings. The van der Waals surface area contributed by atoms with Crippen molar-refractivity contribution in [1.82, 2.24) is 19.8 Å². The van der Waals surface area contributed by atoms with Gasteiger partial charge in [0.15, 0.2) is 0 Å². The molecule has 3 atom stereocenters. The molecular weight excluding hydrogens is 433 g/mol. The van der Waals surface area contributed by atoms with Crippen LogP contribution in [-0.2, 0) is 34.5 Å². The van der Waals surface area contributed by atoms with E-state index in [1.54, 1.807) is 6.20 Å². The number of aryl methyl sites for hydroxylation is 2. The van der Waals surface area contributed by atoms with Crippen molar-refractivity contribution < 1.29 is 37.0 Å². The number of aliphatic carboxylic acids is 1. The molecule has 0 bridgehead atoms. The number of amides is 1. The van der Waals surface area contributed by atoms with Crippen LogP contribution >= 0.6 is 0 Å². The average Bonchev–Trinajstić information content (AvgIpc) is 3.47. The van der Waals surface area contributed by atoms with Gasteiger partial charge in [0.25, 0.3) is 0 Å². The summed E-state index contributed by atoms with van der Waals surface area (Å²) >= 11 is 0. The summed E-state index contributed by atoms with van der Waals surface area (Å²) < 4.78 is 45.3. The maximum atomic E-state index is 12.4. The molecule has 9 nitrogen and oxygen atoms in total. The lowest BCUT2D eigenvalue weighted by atomic mass is 10.1. The first kappa shape index (κ1) is 23.8. The van der Waals surface area contributed by atoms with Crippen LogP contribution in [0.1, 0.15) is 30.2 Å². The Morgan fingerprint density at radius 2 is 2.06 bits per heavy atom. The predicted octanol–water partition coefficient (Wildman–Crippen LogP) is 2.00. The van der Waals surface area contributed by atoms with Crippen LogP contribution in [0.3, 0.4) is 0 Å². The molecule has 0 unspecified atom stereocenters. The van der Waals surface area contributed by atoms with Crippen LogP contribution in [0.5, 0.6) is 0 Å². The zero-order chi connectivity index (χ0) is 23.5. The number of carboxylic acid groups (broad SMARTS) is 1. The number of imidazole rings is 1. The van der Waals surface area contributed by atoms with Gasteiger partial charge in [-0.15, -0.1) is 0 Å². The number of carbonyl (C=O) groups is 2. The minimum atomic E-state index is -5.08. The summed E-state index contributed by atoms with van der Waals surface area (Å²) in [6.45, 7) is 4.14. The highest BCUT2D eigenvalue weighted by Crippen LogP contribution is 2.34. The molecule has 32 heavy (non-hydrogen) atoms. The van der Waals surface area contributed by atoms with E-state index in [1.807, 2.05) is 36.9 Å². The van der Waals surface area contributed by atoms with Gasteiger partial charge in [0.2, 0.25) is 5.91 Å². The first-order valence-corrected chi connectivity index (χ1v) is 10.0. The summed E-state index contributed by atoms with van der Waals surface area (Å²) in [4.78, 5) is 27.9. The van der Waals surface area contributed by atoms with Crippen molar-refractivity contribution in [1.29, 1.82) is 0 Å². The van der Waals surface area contributed by atoms with Crippen LogP contribution in [0.15, 0.2) is 28.9 Å². The lowest BCUT2D eigenvalue weighted by Gasteiger charge is -2.21. The quantitative estimate of drug-likeness (QED) is 0.705. The SMILES string of the molecule is Cc1ccc(CN2CC[C@H]3O[C@H](C(=O)NCc4nccn4C)C[C@H]32)o1.O=C(O)C(F)(F)F. The van der Waals surface area contributed by atoms with E-state index in [4.69, 9.17) is 19.1 Å². The molecule has 2 aromatic heterocycles. The van der Waals surface area contributed by atoms with Crippen molar-refractivity contribution >= 4 is 11.9 Å². The van der Waals surface area contributed by atoms with E-state index in [1.165, 1.54) is 0 Å². The fraction of sp³-hybridized carbons (Fsp3) is 0.550. The minimum Gasteiger partial charge on any atom is -0.475 e. The van der Waals surface area contributed by atoms with E-state index in [2.05, 4.69) is 15.2 Å². The number of hydrogen-bond donors (Lipinski definition) is 2. The van der Waals surface area contributed by atoms with E-state index in [9.17, 15) is 18.0 Å². The third-order valence-corrected chi connectivity index (χ3v) is 5.43. The Labute approximate surface area is 182 Å². The Morgan fingerprint density at radius 3 is 2.62 bits per heavy atom. The van der Waals surface area contributed by atoms with Crippen LogP contribution in [0.25, 0.3) is 0 Å². The Bertz CT molecular complexity index is 942. The van der Waals surface area contributed by atoms with E-state index in [-0.39, 0.29) is 24.2 Å². The van der Waals surface area contributed by atoms with Crippen LogP contribution in [0.2, 0.25) is 0 Å². The Morgan fingerprint density at radius 1 is 1.34 bits per heavy atom. The molecule has 0 saturated carbocycles. The minimum absolute atomic E-state index is 0.0498. The van der Waals surface area contributed by atoms with Gasteiger partial charge in [-0.1, -0.05) is 0 Å². The van der Waals surface area contributed by atoms with Gasteiger partial charge in [0.1, 0.15) is 23.4 Å². The molecule has 2 saturated heterocycles. The molecule has 2 aromatic rings. The number of carboxylic acids is 1. The van der Waals surface area contributed by atoms with Crippen LogP contribution in [0, 0.1) is 6.92 Å². The van der Waals surface area contributed by atoms with Crippen molar-refractivity contribution in [3.8, 4) is 0 Å². The number of carbonyl (C=O) groups excluding carboxylic acids is 1. The second-order valence-corrected chi connectivity index (χ2v) is 7.71.